The molecule has 1 heterocycles. The van der Waals surface area contributed by atoms with Gasteiger partial charge in [0, 0.05) is 26.0 Å². The van der Waals surface area contributed by atoms with Crippen molar-refractivity contribution in [3.05, 3.63) is 26.6 Å². The first-order valence-corrected chi connectivity index (χ1v) is 26.8. The number of nitrogens with one attached hydrogen (secondary N) is 2. The fraction of sp³-hybridized carbons (Fsp3) is 0.889. The fourth-order valence-electron chi connectivity index (χ4n) is 5.07. The van der Waals surface area contributed by atoms with Gasteiger partial charge in [0.2, 0.25) is 17.9 Å². The molecule has 25 heteroatoms. The van der Waals surface area contributed by atoms with E-state index in [1.165, 1.54) is 0 Å². The molecule has 0 bridgehead atoms. The van der Waals surface area contributed by atoms with Crippen molar-refractivity contribution in [2.24, 2.45) is 53.3 Å². The van der Waals surface area contributed by atoms with Crippen molar-refractivity contribution in [1.82, 2.24) is 10.6 Å². The SMILES string of the molecule is CC(C)CC[N-]C(=O)CC(=O)[N-]C(C)C.CC(C)CNC(=O)CNC(=O)CC(C)C.CC(C)CO[C@H]1OC(CO)[C@@H](OCC(C)C)[C@@H](O)C1O.CC(C)C[N-]C(=O)OCC(C)C.CC(C)C[N-]C(=O)[N-]CC(C)C.[Rb+].[Rb+].[Rb+].[Rb+].[Rb+]. The van der Waals surface area contributed by atoms with Gasteiger partial charge in [0.1, 0.15) is 24.4 Å². The number of hydrogen-bond acceptors (Lipinski definition) is 13. The van der Waals surface area contributed by atoms with Gasteiger partial charge in [0.05, 0.1) is 38.2 Å². The van der Waals surface area contributed by atoms with Crippen LogP contribution in [-0.4, -0.2) is 154 Å². The van der Waals surface area contributed by atoms with E-state index in [2.05, 4.69) is 51.1 Å². The molecule has 0 aromatic heterocycles. The fourth-order valence-corrected chi connectivity index (χ4v) is 5.07. The minimum Gasteiger partial charge on any atom is -0.669 e. The van der Waals surface area contributed by atoms with E-state index in [0.717, 1.165) is 6.42 Å². The van der Waals surface area contributed by atoms with Crippen LogP contribution < -0.4 is 302 Å². The summed E-state index contributed by atoms with van der Waals surface area (Å²) in [7, 11) is 0. The average molecular weight is 1490 g/mol. The van der Waals surface area contributed by atoms with Gasteiger partial charge in [0.25, 0.3) is 0 Å². The third-order valence-electron chi connectivity index (χ3n) is 8.79. The van der Waals surface area contributed by atoms with Gasteiger partial charge in [0.15, 0.2) is 6.29 Å². The second-order valence-corrected chi connectivity index (χ2v) is 22.4. The molecule has 440 valence electrons. The molecule has 0 aromatic carbocycles. The summed E-state index contributed by atoms with van der Waals surface area (Å²) in [5, 5.41) is 53.7. The van der Waals surface area contributed by atoms with E-state index in [9.17, 15) is 44.1 Å². The second kappa shape index (κ2) is 66.1. The van der Waals surface area contributed by atoms with Gasteiger partial charge in [-0.3, -0.25) is 14.4 Å². The first kappa shape index (κ1) is 103. The van der Waals surface area contributed by atoms with Gasteiger partial charge in [-0.2, -0.15) is 0 Å². The molecule has 20 nitrogen and oxygen atoms in total. The van der Waals surface area contributed by atoms with Crippen LogP contribution in [0.1, 0.15) is 158 Å². The Morgan fingerprint density at radius 2 is 0.987 bits per heavy atom. The zero-order valence-electron chi connectivity index (χ0n) is 54.5. The van der Waals surface area contributed by atoms with Crippen molar-refractivity contribution in [3.63, 3.8) is 0 Å². The number of aliphatic hydroxyl groups is 3. The summed E-state index contributed by atoms with van der Waals surface area (Å²) in [6, 6.07) is -0.363. The molecule has 79 heavy (non-hydrogen) atoms. The Kier molecular flexibility index (Phi) is 86.3. The van der Waals surface area contributed by atoms with E-state index in [-0.39, 0.29) is 358 Å². The van der Waals surface area contributed by atoms with Gasteiger partial charge in [-0.25, -0.2) is 0 Å². The maximum Gasteiger partial charge on any atom is 1.00 e. The number of nitrogens with zero attached hydrogens (tertiary/aromatic N) is 5. The Hall–Kier alpha value is 5.21. The number of urea groups is 1. The number of rotatable bonds is 27. The van der Waals surface area contributed by atoms with E-state index in [1.54, 1.807) is 13.8 Å². The van der Waals surface area contributed by atoms with Crippen LogP contribution in [0.2, 0.25) is 0 Å². The van der Waals surface area contributed by atoms with Gasteiger partial charge in [-0.1, -0.05) is 163 Å². The summed E-state index contributed by atoms with van der Waals surface area (Å²) in [6.45, 7) is 43.7. The van der Waals surface area contributed by atoms with Gasteiger partial charge >= 0.3 is 291 Å². The average Bonchev–Trinajstić information content (AvgIpc) is 3.27. The Bertz CT molecular complexity index is 1410. The molecule has 1 fully saturated rings. The molecule has 0 aromatic rings. The molecule has 0 saturated carbocycles. The predicted octanol–water partition coefficient (Wildman–Crippen LogP) is -5.31. The van der Waals surface area contributed by atoms with Crippen molar-refractivity contribution in [2.75, 3.05) is 65.7 Å². The molecule has 2 unspecified atom stereocenters. The summed E-state index contributed by atoms with van der Waals surface area (Å²) in [5.41, 5.74) is 0. The van der Waals surface area contributed by atoms with Crippen LogP contribution in [0.25, 0.3) is 26.6 Å². The topological polar surface area (TPSA) is 295 Å². The predicted molar refractivity (Wildman–Crippen MR) is 295 cm³/mol. The normalized spacial score (nSPS) is 16.0. The summed E-state index contributed by atoms with van der Waals surface area (Å²) in [4.78, 5) is 66.5. The van der Waals surface area contributed by atoms with E-state index in [4.69, 9.17) is 18.9 Å². The van der Waals surface area contributed by atoms with Gasteiger partial charge < -0.3 is 85.9 Å². The summed E-state index contributed by atoms with van der Waals surface area (Å²) < 4.78 is 21.3. The molecule has 1 aliphatic rings. The van der Waals surface area contributed by atoms with Crippen LogP contribution in [-0.2, 0) is 38.1 Å². The number of amides is 7. The summed E-state index contributed by atoms with van der Waals surface area (Å²) >= 11 is 0. The summed E-state index contributed by atoms with van der Waals surface area (Å²) in [6.07, 6.45) is -4.00. The maximum absolute atomic E-state index is 11.2. The first-order chi connectivity index (χ1) is 34.2. The molecule has 5 N–H and O–H groups in total. The molecule has 7 amide bonds. The number of hydrogen-bond donors (Lipinski definition) is 5. The Morgan fingerprint density at radius 1 is 0.519 bits per heavy atom. The molecule has 0 aliphatic carbocycles. The van der Waals surface area contributed by atoms with Crippen LogP contribution in [0.5, 0.6) is 0 Å². The van der Waals surface area contributed by atoms with Crippen LogP contribution in [0.15, 0.2) is 0 Å². The van der Waals surface area contributed by atoms with E-state index >= 15 is 0 Å². The first-order valence-electron chi connectivity index (χ1n) is 26.8. The van der Waals surface area contributed by atoms with Crippen LogP contribution in [0.3, 0.4) is 0 Å². The van der Waals surface area contributed by atoms with E-state index in [1.807, 2.05) is 111 Å². The second-order valence-electron chi connectivity index (χ2n) is 22.4. The molecular formula is C54H106N7O13Rb5. The molecule has 1 aliphatic heterocycles. The quantitative estimate of drug-likeness (QED) is 0.0481. The van der Waals surface area contributed by atoms with Crippen molar-refractivity contribution >= 4 is 35.8 Å². The molecular weight excluding hydrogens is 1380 g/mol. The van der Waals surface area contributed by atoms with Crippen LogP contribution >= 0.6 is 0 Å². The zero-order chi connectivity index (χ0) is 58.1. The Balaban J connectivity index is -0.000000110. The standard InChI is InChI=1S/C14H28O6.2C11H22N2O2.C9H19N2O.C9H19NO2.5Rb/c1-8(2)6-18-13-10(5-15)20-14(12(17)11(13)16)19-7-9(3)4;1-8(2)5-10(14)13-7-11(15)12-6-9(3)4;1-8(2)5-6-12-10(14)7-11(15)13-9(3)4;1-7(2)5-10-9(12)11-6-8(3)4;1-7(2)5-10-9(11)12-6-8(3)4;;;;;/h8-17H,5-7H2,1-4H3;8-9H,5-7H2,1-4H3,(H,12,15)(H,13,14);8-9H,5-7H2,1-4H3,(H2,12,13,14,15);7-8H,5-6H2,1-4H3,(H-,10,11,12);7-8H,5-6H2,1-4H3,(H,10,11);;;;;/q;;;-1;;5*+1/p-4/t10?,11-,12?,13+,14-;;;;;;;;;/m0........./s1. The largest absolute Gasteiger partial charge is 1.00 e. The molecule has 0 spiro atoms. The maximum atomic E-state index is 11.2. The monoisotopic (exact) mass is 1490 g/mol. The van der Waals surface area contributed by atoms with E-state index < -0.39 is 36.8 Å². The number of ether oxygens (including phenoxy) is 4. The Labute approximate surface area is 724 Å². The van der Waals surface area contributed by atoms with Crippen molar-refractivity contribution < 1.29 is 354 Å². The summed E-state index contributed by atoms with van der Waals surface area (Å²) in [5.74, 6) is 2.59. The third-order valence-corrected chi connectivity index (χ3v) is 8.79. The molecule has 5 atom stereocenters. The van der Waals surface area contributed by atoms with Crippen LogP contribution in [0.4, 0.5) is 9.59 Å². The Morgan fingerprint density at radius 3 is 1.39 bits per heavy atom. The van der Waals surface area contributed by atoms with Gasteiger partial charge in [-0.15, -0.1) is 32.2 Å². The van der Waals surface area contributed by atoms with Crippen molar-refractivity contribution in [1.29, 1.82) is 0 Å². The van der Waals surface area contributed by atoms with Crippen molar-refractivity contribution in [3.8, 4) is 0 Å². The van der Waals surface area contributed by atoms with Crippen molar-refractivity contribution in [2.45, 2.75) is 194 Å². The molecule has 1 saturated heterocycles. The third kappa shape index (κ3) is 75.6. The molecule has 0 radical (unpaired) electrons. The zero-order valence-corrected chi connectivity index (χ0v) is 79.1. The number of carbonyl (C=O) groups is 6. The number of aliphatic hydroxyl groups excluding tert-OH is 3. The minimum atomic E-state index is -1.19. The minimum absolute atomic E-state index is 0. The molecule has 1 rings (SSSR count). The van der Waals surface area contributed by atoms with E-state index in [0.29, 0.717) is 100 Å². The number of carbonyl (C=O) groups excluding carboxylic acids is 6. The van der Waals surface area contributed by atoms with Crippen LogP contribution in [0, 0.1) is 53.3 Å². The smallest absolute Gasteiger partial charge is 0.669 e. The van der Waals surface area contributed by atoms with Gasteiger partial charge in [-0.05, 0) is 41.5 Å².